The van der Waals surface area contributed by atoms with E-state index in [0.29, 0.717) is 28.8 Å². The van der Waals surface area contributed by atoms with E-state index < -0.39 is 0 Å². The Morgan fingerprint density at radius 3 is 2.71 bits per heavy atom. The number of ether oxygens (including phenoxy) is 2. The first kappa shape index (κ1) is 22.9. The Morgan fingerprint density at radius 2 is 2.00 bits per heavy atom. The smallest absolute Gasteiger partial charge is 0.243 e. The second kappa shape index (κ2) is 11.0. The zero-order valence-electron chi connectivity index (χ0n) is 17.8. The fourth-order valence-electron chi connectivity index (χ4n) is 3.17. The number of benzene rings is 2. The molecule has 2 amide bonds. The second-order valence-electron chi connectivity index (χ2n) is 7.60. The van der Waals surface area contributed by atoms with Gasteiger partial charge < -0.3 is 25.0 Å². The van der Waals surface area contributed by atoms with Gasteiger partial charge in [0.25, 0.3) is 0 Å². The minimum absolute atomic E-state index is 0.00490. The number of aryl methyl sites for hydroxylation is 1. The Balaban J connectivity index is 1.50. The van der Waals surface area contributed by atoms with Gasteiger partial charge in [-0.15, -0.1) is 0 Å². The van der Waals surface area contributed by atoms with Crippen molar-refractivity contribution in [2.45, 2.75) is 25.9 Å². The minimum Gasteiger partial charge on any atom is -0.489 e. The summed E-state index contributed by atoms with van der Waals surface area (Å²) in [5, 5.41) is 6.38. The Bertz CT molecular complexity index is 898. The summed E-state index contributed by atoms with van der Waals surface area (Å²) >= 11 is 6.11. The van der Waals surface area contributed by atoms with Crippen molar-refractivity contribution in [3.8, 4) is 5.75 Å². The zero-order chi connectivity index (χ0) is 22.2. The van der Waals surface area contributed by atoms with Crippen LogP contribution in [0, 0.1) is 6.92 Å². The molecule has 1 unspecified atom stereocenters. The van der Waals surface area contributed by atoms with Crippen LogP contribution in [0.5, 0.6) is 5.75 Å². The van der Waals surface area contributed by atoms with E-state index >= 15 is 0 Å². The van der Waals surface area contributed by atoms with E-state index in [0.717, 1.165) is 25.0 Å². The molecule has 0 radical (unpaired) electrons. The van der Waals surface area contributed by atoms with E-state index in [1.807, 2.05) is 31.2 Å². The third-order valence-corrected chi connectivity index (χ3v) is 5.20. The molecular weight excluding hydrogens is 418 g/mol. The number of halogens is 1. The number of carbonyl (C=O) groups is 2. The molecule has 2 N–H and O–H groups in total. The summed E-state index contributed by atoms with van der Waals surface area (Å²) in [6, 6.07) is 12.7. The van der Waals surface area contributed by atoms with Crippen LogP contribution < -0.4 is 15.4 Å². The molecular formula is C23H28ClN3O4. The van der Waals surface area contributed by atoms with Gasteiger partial charge >= 0.3 is 0 Å². The van der Waals surface area contributed by atoms with Gasteiger partial charge in [-0.1, -0.05) is 29.3 Å². The number of amides is 2. The molecule has 1 atom stereocenters. The van der Waals surface area contributed by atoms with Crippen molar-refractivity contribution in [1.82, 2.24) is 4.90 Å². The molecule has 0 saturated carbocycles. The number of hydrogen-bond donors (Lipinski definition) is 2. The number of hydrogen-bond acceptors (Lipinski definition) is 5. The molecule has 0 aliphatic carbocycles. The van der Waals surface area contributed by atoms with Gasteiger partial charge in [-0.05, 0) is 50.1 Å². The van der Waals surface area contributed by atoms with Gasteiger partial charge in [0.2, 0.25) is 11.8 Å². The standard InChI is InChI=1S/C23H28ClN3O4/c1-16-5-8-18(9-6-16)26-22(28)14-27(2)23(29)13-25-20-12-17(24)7-10-21(20)31-15-19-4-3-11-30-19/h5-10,12,19,25H,3-4,11,13-15H2,1-2H3,(H,26,28). The highest BCUT2D eigenvalue weighted by molar-refractivity contribution is 6.30. The normalized spacial score (nSPS) is 15.4. The van der Waals surface area contributed by atoms with Crippen LogP contribution in [0.4, 0.5) is 11.4 Å². The Hall–Kier alpha value is -2.77. The van der Waals surface area contributed by atoms with Crippen LogP contribution in [0.15, 0.2) is 42.5 Å². The molecule has 1 heterocycles. The van der Waals surface area contributed by atoms with Gasteiger partial charge in [0.05, 0.1) is 24.9 Å². The van der Waals surface area contributed by atoms with Gasteiger partial charge in [-0.2, -0.15) is 0 Å². The van der Waals surface area contributed by atoms with Gasteiger partial charge in [-0.3, -0.25) is 9.59 Å². The van der Waals surface area contributed by atoms with Gasteiger partial charge in [0, 0.05) is 24.4 Å². The van der Waals surface area contributed by atoms with Crippen LogP contribution in [0.2, 0.25) is 5.02 Å². The average molecular weight is 446 g/mol. The lowest BCUT2D eigenvalue weighted by atomic mass is 10.2. The number of likely N-dealkylation sites (N-methyl/N-ethyl adjacent to an activating group) is 1. The average Bonchev–Trinajstić information content (AvgIpc) is 3.26. The summed E-state index contributed by atoms with van der Waals surface area (Å²) < 4.78 is 11.5. The Kier molecular flexibility index (Phi) is 8.14. The minimum atomic E-state index is -0.261. The number of anilines is 2. The molecule has 1 fully saturated rings. The topological polar surface area (TPSA) is 79.9 Å². The summed E-state index contributed by atoms with van der Waals surface area (Å²) in [6.45, 7) is 3.14. The third-order valence-electron chi connectivity index (χ3n) is 4.96. The maximum absolute atomic E-state index is 12.5. The maximum Gasteiger partial charge on any atom is 0.243 e. The predicted octanol–water partition coefficient (Wildman–Crippen LogP) is 3.72. The van der Waals surface area contributed by atoms with Crippen molar-refractivity contribution >= 4 is 34.8 Å². The lowest BCUT2D eigenvalue weighted by molar-refractivity contribution is -0.131. The lowest BCUT2D eigenvalue weighted by Crippen LogP contribution is -2.38. The SMILES string of the molecule is Cc1ccc(NC(=O)CN(C)C(=O)CNc2cc(Cl)ccc2OCC2CCCO2)cc1. The summed E-state index contributed by atoms with van der Waals surface area (Å²) in [6.07, 6.45) is 2.10. The maximum atomic E-state index is 12.5. The lowest BCUT2D eigenvalue weighted by Gasteiger charge is -2.19. The summed E-state index contributed by atoms with van der Waals surface area (Å²) in [5.41, 5.74) is 2.43. The van der Waals surface area contributed by atoms with Crippen molar-refractivity contribution < 1.29 is 19.1 Å². The molecule has 2 aromatic rings. The molecule has 1 aliphatic rings. The first-order valence-corrected chi connectivity index (χ1v) is 10.7. The van der Waals surface area contributed by atoms with Crippen molar-refractivity contribution in [2.75, 3.05) is 44.0 Å². The summed E-state index contributed by atoms with van der Waals surface area (Å²) in [7, 11) is 1.59. The van der Waals surface area contributed by atoms with E-state index in [9.17, 15) is 9.59 Å². The zero-order valence-corrected chi connectivity index (χ0v) is 18.6. The molecule has 166 valence electrons. The van der Waals surface area contributed by atoms with Crippen molar-refractivity contribution in [1.29, 1.82) is 0 Å². The van der Waals surface area contributed by atoms with Crippen LogP contribution >= 0.6 is 11.6 Å². The van der Waals surface area contributed by atoms with E-state index in [-0.39, 0.29) is 31.0 Å². The molecule has 1 saturated heterocycles. The molecule has 0 spiro atoms. The fraction of sp³-hybridized carbons (Fsp3) is 0.391. The van der Waals surface area contributed by atoms with Gasteiger partial charge in [0.15, 0.2) is 0 Å². The van der Waals surface area contributed by atoms with Crippen LogP contribution in [0.1, 0.15) is 18.4 Å². The van der Waals surface area contributed by atoms with E-state index in [1.54, 1.807) is 25.2 Å². The van der Waals surface area contributed by atoms with Crippen LogP contribution in [-0.4, -0.2) is 56.2 Å². The molecule has 0 bridgehead atoms. The molecule has 7 nitrogen and oxygen atoms in total. The van der Waals surface area contributed by atoms with Crippen LogP contribution in [0.3, 0.4) is 0 Å². The van der Waals surface area contributed by atoms with E-state index in [2.05, 4.69) is 10.6 Å². The van der Waals surface area contributed by atoms with Crippen molar-refractivity contribution in [2.24, 2.45) is 0 Å². The van der Waals surface area contributed by atoms with Crippen LogP contribution in [0.25, 0.3) is 0 Å². The highest BCUT2D eigenvalue weighted by atomic mass is 35.5. The number of nitrogens with zero attached hydrogens (tertiary/aromatic N) is 1. The van der Waals surface area contributed by atoms with Gasteiger partial charge in [-0.25, -0.2) is 0 Å². The molecule has 1 aliphatic heterocycles. The largest absolute Gasteiger partial charge is 0.489 e. The summed E-state index contributed by atoms with van der Waals surface area (Å²) in [4.78, 5) is 26.1. The van der Waals surface area contributed by atoms with Crippen LogP contribution in [-0.2, 0) is 14.3 Å². The predicted molar refractivity (Wildman–Crippen MR) is 122 cm³/mol. The molecule has 2 aromatic carbocycles. The van der Waals surface area contributed by atoms with E-state index in [1.165, 1.54) is 4.90 Å². The Labute approximate surface area is 187 Å². The van der Waals surface area contributed by atoms with Crippen molar-refractivity contribution in [3.05, 3.63) is 53.1 Å². The quantitative estimate of drug-likeness (QED) is 0.615. The molecule has 3 rings (SSSR count). The molecule has 8 heteroatoms. The number of carbonyl (C=O) groups excluding carboxylic acids is 2. The number of rotatable bonds is 9. The first-order valence-electron chi connectivity index (χ1n) is 10.3. The highest BCUT2D eigenvalue weighted by Crippen LogP contribution is 2.28. The highest BCUT2D eigenvalue weighted by Gasteiger charge is 2.18. The monoisotopic (exact) mass is 445 g/mol. The van der Waals surface area contributed by atoms with E-state index in [4.69, 9.17) is 21.1 Å². The first-order chi connectivity index (χ1) is 14.9. The molecule has 31 heavy (non-hydrogen) atoms. The van der Waals surface area contributed by atoms with Gasteiger partial charge in [0.1, 0.15) is 12.4 Å². The fourth-order valence-corrected chi connectivity index (χ4v) is 3.34. The summed E-state index contributed by atoms with van der Waals surface area (Å²) in [5.74, 6) is 0.111. The Morgan fingerprint density at radius 1 is 1.23 bits per heavy atom. The third kappa shape index (κ3) is 7.15. The van der Waals surface area contributed by atoms with Crippen molar-refractivity contribution in [3.63, 3.8) is 0 Å². The molecule has 0 aromatic heterocycles. The number of nitrogens with one attached hydrogen (secondary N) is 2. The second-order valence-corrected chi connectivity index (χ2v) is 8.04.